The van der Waals surface area contributed by atoms with Gasteiger partial charge >= 0.3 is 6.18 Å². The number of nitrogens with zero attached hydrogens (tertiary/aromatic N) is 1. The third-order valence-electron chi connectivity index (χ3n) is 3.70. The molecule has 2 rings (SSSR count). The first kappa shape index (κ1) is 23.9. The van der Waals surface area contributed by atoms with Crippen molar-refractivity contribution in [3.05, 3.63) is 27.7 Å². The monoisotopic (exact) mass is 428 g/mol. The number of piperazine rings is 1. The van der Waals surface area contributed by atoms with Crippen LogP contribution in [-0.4, -0.2) is 42.4 Å². The van der Waals surface area contributed by atoms with E-state index in [0.717, 1.165) is 0 Å². The maximum Gasteiger partial charge on any atom is 0.389 e. The van der Waals surface area contributed by atoms with Crippen LogP contribution in [0.25, 0.3) is 0 Å². The summed E-state index contributed by atoms with van der Waals surface area (Å²) in [6.45, 7) is 2.57. The van der Waals surface area contributed by atoms with Gasteiger partial charge in [-0.15, -0.1) is 24.8 Å². The summed E-state index contributed by atoms with van der Waals surface area (Å²) in [7, 11) is 0. The highest BCUT2D eigenvalue weighted by Gasteiger charge is 2.33. The van der Waals surface area contributed by atoms with Crippen LogP contribution in [0.5, 0.6) is 5.75 Å². The second-order valence-electron chi connectivity index (χ2n) is 5.28. The Balaban J connectivity index is 0.00000264. The lowest BCUT2D eigenvalue weighted by Gasteiger charge is -2.36. The van der Waals surface area contributed by atoms with Crippen LogP contribution in [-0.2, 0) is 0 Å². The Hall–Kier alpha value is -0.110. The Labute approximate surface area is 161 Å². The van der Waals surface area contributed by atoms with Crippen LogP contribution in [0.2, 0.25) is 10.0 Å². The Bertz CT molecular complexity index is 502. The Morgan fingerprint density at radius 2 is 1.75 bits per heavy atom. The Kier molecular flexibility index (Phi) is 10.1. The number of aromatic hydroxyl groups is 1. The number of halogens is 7. The lowest BCUT2D eigenvalue weighted by atomic mass is 9.98. The molecule has 1 aliphatic rings. The van der Waals surface area contributed by atoms with Crippen LogP contribution in [0.15, 0.2) is 12.1 Å². The first-order valence-electron chi connectivity index (χ1n) is 6.97. The number of benzene rings is 1. The van der Waals surface area contributed by atoms with Crippen molar-refractivity contribution in [3.8, 4) is 5.75 Å². The van der Waals surface area contributed by atoms with Gasteiger partial charge in [-0.2, -0.15) is 13.2 Å². The number of hydrogen-bond acceptors (Lipinski definition) is 3. The van der Waals surface area contributed by atoms with E-state index in [1.807, 2.05) is 4.90 Å². The van der Waals surface area contributed by atoms with Crippen molar-refractivity contribution in [1.29, 1.82) is 0 Å². The van der Waals surface area contributed by atoms with Gasteiger partial charge in [0, 0.05) is 49.2 Å². The molecule has 1 aromatic carbocycles. The number of rotatable bonds is 4. The molecule has 3 nitrogen and oxygen atoms in total. The summed E-state index contributed by atoms with van der Waals surface area (Å²) in [6.07, 6.45) is -5.33. The number of phenolic OH excluding ortho intramolecular Hbond substituents is 1. The summed E-state index contributed by atoms with van der Waals surface area (Å²) in [5.41, 5.74) is 0.317. The molecule has 10 heteroatoms. The van der Waals surface area contributed by atoms with Gasteiger partial charge < -0.3 is 10.4 Å². The molecule has 0 amide bonds. The normalized spacial score (nSPS) is 16.9. The Morgan fingerprint density at radius 3 is 2.25 bits per heavy atom. The molecule has 140 valence electrons. The third-order valence-corrected chi connectivity index (χ3v) is 4.23. The maximum atomic E-state index is 12.6. The van der Waals surface area contributed by atoms with Gasteiger partial charge in [0.05, 0.1) is 5.02 Å². The van der Waals surface area contributed by atoms with Crippen LogP contribution in [0.3, 0.4) is 0 Å². The molecule has 1 aliphatic heterocycles. The molecule has 0 aliphatic carbocycles. The van der Waals surface area contributed by atoms with Gasteiger partial charge in [0.1, 0.15) is 5.75 Å². The second-order valence-corrected chi connectivity index (χ2v) is 6.12. The third kappa shape index (κ3) is 6.65. The van der Waals surface area contributed by atoms with Crippen LogP contribution in [0.1, 0.15) is 24.4 Å². The highest BCUT2D eigenvalue weighted by molar-refractivity contribution is 6.35. The molecule has 0 aromatic heterocycles. The minimum absolute atomic E-state index is 0. The van der Waals surface area contributed by atoms with Gasteiger partial charge in [0.25, 0.3) is 0 Å². The number of hydrogen-bond donors (Lipinski definition) is 2. The standard InChI is InChI=1S/C14H17Cl2F3N2O.2ClH/c15-9-7-10(16)13(12(22)8-9)11(1-2-14(17,18)19)21-5-3-20-4-6-21;;/h7-8,11,20,22H,1-6H2;2*1H/t11-;;/m1../s1. The minimum Gasteiger partial charge on any atom is -0.508 e. The summed E-state index contributed by atoms with van der Waals surface area (Å²) in [4.78, 5) is 1.91. The summed E-state index contributed by atoms with van der Waals surface area (Å²) in [6, 6.07) is 2.17. The predicted molar refractivity (Wildman–Crippen MR) is 95.1 cm³/mol. The molecular weight excluding hydrogens is 411 g/mol. The van der Waals surface area contributed by atoms with E-state index in [9.17, 15) is 18.3 Å². The molecule has 1 heterocycles. The van der Waals surface area contributed by atoms with E-state index in [1.54, 1.807) is 0 Å². The molecular formula is C14H19Cl4F3N2O. The smallest absolute Gasteiger partial charge is 0.389 e. The van der Waals surface area contributed by atoms with Crippen molar-refractivity contribution in [1.82, 2.24) is 10.2 Å². The van der Waals surface area contributed by atoms with E-state index >= 15 is 0 Å². The molecule has 0 spiro atoms. The summed E-state index contributed by atoms with van der Waals surface area (Å²) in [5.74, 6) is -0.164. The fraction of sp³-hybridized carbons (Fsp3) is 0.571. The SMILES string of the molecule is Cl.Cl.Oc1cc(Cl)cc(Cl)c1[C@@H](CCC(F)(F)F)N1CCNCC1. The summed E-state index contributed by atoms with van der Waals surface area (Å²) < 4.78 is 37.8. The van der Waals surface area contributed by atoms with Crippen molar-refractivity contribution in [3.63, 3.8) is 0 Å². The lowest BCUT2D eigenvalue weighted by molar-refractivity contribution is -0.138. The second kappa shape index (κ2) is 10.1. The minimum atomic E-state index is -4.25. The largest absolute Gasteiger partial charge is 0.508 e. The molecule has 1 fully saturated rings. The fourth-order valence-corrected chi connectivity index (χ4v) is 3.31. The van der Waals surface area contributed by atoms with Crippen molar-refractivity contribution in [2.24, 2.45) is 0 Å². The molecule has 2 N–H and O–H groups in total. The first-order valence-corrected chi connectivity index (χ1v) is 7.73. The molecule has 0 radical (unpaired) electrons. The molecule has 1 atom stereocenters. The van der Waals surface area contributed by atoms with Crippen LogP contribution < -0.4 is 5.32 Å². The zero-order valence-corrected chi connectivity index (χ0v) is 15.7. The molecule has 0 bridgehead atoms. The van der Waals surface area contributed by atoms with Crippen LogP contribution in [0, 0.1) is 0 Å². The number of alkyl halides is 3. The fourth-order valence-electron chi connectivity index (χ4n) is 2.70. The lowest BCUT2D eigenvalue weighted by Crippen LogP contribution is -2.45. The van der Waals surface area contributed by atoms with E-state index < -0.39 is 18.6 Å². The number of phenols is 1. The van der Waals surface area contributed by atoms with E-state index in [1.165, 1.54) is 12.1 Å². The summed E-state index contributed by atoms with van der Waals surface area (Å²) in [5, 5.41) is 13.7. The highest BCUT2D eigenvalue weighted by Crippen LogP contribution is 2.41. The van der Waals surface area contributed by atoms with Crippen LogP contribution in [0.4, 0.5) is 13.2 Å². The maximum absolute atomic E-state index is 12.6. The van der Waals surface area contributed by atoms with E-state index in [2.05, 4.69) is 5.32 Å². The van der Waals surface area contributed by atoms with E-state index in [4.69, 9.17) is 23.2 Å². The van der Waals surface area contributed by atoms with Crippen molar-refractivity contribution in [2.45, 2.75) is 25.1 Å². The average Bonchev–Trinajstić information content (AvgIpc) is 2.41. The topological polar surface area (TPSA) is 35.5 Å². The van der Waals surface area contributed by atoms with E-state index in [0.29, 0.717) is 31.7 Å². The molecule has 0 saturated carbocycles. The average molecular weight is 430 g/mol. The quantitative estimate of drug-likeness (QED) is 0.719. The molecule has 0 unspecified atom stereocenters. The zero-order chi connectivity index (χ0) is 16.3. The number of nitrogens with one attached hydrogen (secondary N) is 1. The van der Waals surface area contributed by atoms with Gasteiger partial charge in [-0.1, -0.05) is 23.2 Å². The summed E-state index contributed by atoms with van der Waals surface area (Å²) >= 11 is 11.9. The Morgan fingerprint density at radius 1 is 1.17 bits per heavy atom. The zero-order valence-electron chi connectivity index (χ0n) is 12.6. The highest BCUT2D eigenvalue weighted by atomic mass is 35.5. The molecule has 1 aromatic rings. The van der Waals surface area contributed by atoms with E-state index in [-0.39, 0.29) is 47.0 Å². The molecule has 24 heavy (non-hydrogen) atoms. The molecule has 1 saturated heterocycles. The van der Waals surface area contributed by atoms with Crippen molar-refractivity contribution >= 4 is 48.0 Å². The first-order chi connectivity index (χ1) is 10.3. The van der Waals surface area contributed by atoms with Crippen molar-refractivity contribution < 1.29 is 18.3 Å². The van der Waals surface area contributed by atoms with Gasteiger partial charge in [-0.05, 0) is 18.6 Å². The van der Waals surface area contributed by atoms with Crippen LogP contribution >= 0.6 is 48.0 Å². The van der Waals surface area contributed by atoms with Gasteiger partial charge in [-0.25, -0.2) is 0 Å². The van der Waals surface area contributed by atoms with Gasteiger partial charge in [-0.3, -0.25) is 4.90 Å². The van der Waals surface area contributed by atoms with Gasteiger partial charge in [0.2, 0.25) is 0 Å². The predicted octanol–water partition coefficient (Wildman–Crippen LogP) is 4.83. The van der Waals surface area contributed by atoms with Gasteiger partial charge in [0.15, 0.2) is 0 Å². The van der Waals surface area contributed by atoms with Crippen molar-refractivity contribution in [2.75, 3.05) is 26.2 Å².